The molecule has 0 radical (unpaired) electrons. The van der Waals surface area contributed by atoms with Crippen LogP contribution in [0.25, 0.3) is 0 Å². The summed E-state index contributed by atoms with van der Waals surface area (Å²) in [6, 6.07) is 0. The molecule has 0 aliphatic rings. The Morgan fingerprint density at radius 2 is 2.21 bits per heavy atom. The van der Waals surface area contributed by atoms with Crippen molar-refractivity contribution >= 4 is 27.6 Å². The summed E-state index contributed by atoms with van der Waals surface area (Å²) in [5.74, 6) is -1.43. The fourth-order valence-electron chi connectivity index (χ4n) is 0.909. The molecule has 1 rings (SSSR count). The molecule has 1 aromatic rings. The number of pyridine rings is 1. The number of nitrogens with zero attached hydrogens (tertiary/aromatic N) is 1. The van der Waals surface area contributed by atoms with E-state index in [1.807, 2.05) is 0 Å². The zero-order chi connectivity index (χ0) is 10.9. The first-order chi connectivity index (χ1) is 6.45. The van der Waals surface area contributed by atoms with Gasteiger partial charge < -0.3 is 10.8 Å². The highest BCUT2D eigenvalue weighted by atomic mass is 79.9. The van der Waals surface area contributed by atoms with Gasteiger partial charge in [-0.05, 0) is 15.9 Å². The summed E-state index contributed by atoms with van der Waals surface area (Å²) in [6.45, 7) is 0. The lowest BCUT2D eigenvalue weighted by atomic mass is 10.2. The van der Waals surface area contributed by atoms with Gasteiger partial charge in [0, 0.05) is 10.7 Å². The number of halogens is 3. The van der Waals surface area contributed by atoms with Crippen LogP contribution in [0.4, 0.5) is 14.5 Å². The average Bonchev–Trinajstić information content (AvgIpc) is 2.02. The molecule has 0 aromatic carbocycles. The first-order valence-corrected chi connectivity index (χ1v) is 4.19. The smallest absolute Gasteiger partial charge is 0.356 e. The number of carboxylic acids is 1. The molecule has 3 N–H and O–H groups in total. The minimum atomic E-state index is -2.84. The molecule has 0 amide bonds. The number of rotatable bonds is 2. The van der Waals surface area contributed by atoms with Gasteiger partial charge in [-0.15, -0.1) is 0 Å². The number of nitrogens with two attached hydrogens (primary N) is 1. The van der Waals surface area contributed by atoms with Crippen LogP contribution in [0.5, 0.6) is 0 Å². The van der Waals surface area contributed by atoms with Crippen molar-refractivity contribution in [3.63, 3.8) is 0 Å². The molecule has 0 aliphatic carbocycles. The zero-order valence-electron chi connectivity index (χ0n) is 6.67. The second-order valence-corrected chi connectivity index (χ2v) is 3.24. The Kier molecular flexibility index (Phi) is 3.00. The standard InChI is InChI=1S/C7H5BrF2N2O2/c8-2-1-12-5(7(13)14)4(11)3(2)6(9)10/h1,6H,11H2,(H,13,14). The first kappa shape index (κ1) is 10.8. The molecule has 7 heteroatoms. The Labute approximate surface area is 85.9 Å². The molecule has 76 valence electrons. The highest BCUT2D eigenvalue weighted by Gasteiger charge is 2.21. The average molecular weight is 267 g/mol. The molecule has 0 fully saturated rings. The topological polar surface area (TPSA) is 76.2 Å². The number of aromatic carboxylic acids is 1. The minimum Gasteiger partial charge on any atom is -0.476 e. The van der Waals surface area contributed by atoms with E-state index in [9.17, 15) is 13.6 Å². The highest BCUT2D eigenvalue weighted by Crippen LogP contribution is 2.33. The molecule has 0 saturated carbocycles. The van der Waals surface area contributed by atoms with Crippen molar-refractivity contribution in [1.29, 1.82) is 0 Å². The molecule has 0 atom stereocenters. The molecule has 0 spiro atoms. The summed E-state index contributed by atoms with van der Waals surface area (Å²) < 4.78 is 24.8. The summed E-state index contributed by atoms with van der Waals surface area (Å²) in [5, 5.41) is 8.56. The molecule has 0 bridgehead atoms. The number of hydrogen-bond donors (Lipinski definition) is 2. The van der Waals surface area contributed by atoms with Gasteiger partial charge in [0.2, 0.25) is 0 Å². The Morgan fingerprint density at radius 3 is 2.64 bits per heavy atom. The maximum absolute atomic E-state index is 12.4. The van der Waals surface area contributed by atoms with E-state index in [-0.39, 0.29) is 4.47 Å². The SMILES string of the molecule is Nc1c(C(=O)O)ncc(Br)c1C(F)F. The van der Waals surface area contributed by atoms with E-state index in [2.05, 4.69) is 20.9 Å². The van der Waals surface area contributed by atoms with Crippen LogP contribution in [-0.2, 0) is 0 Å². The Balaban J connectivity index is 3.41. The Bertz CT molecular complexity index is 384. The van der Waals surface area contributed by atoms with Crippen molar-refractivity contribution in [3.05, 3.63) is 21.9 Å². The van der Waals surface area contributed by atoms with Crippen LogP contribution >= 0.6 is 15.9 Å². The van der Waals surface area contributed by atoms with Crippen molar-refractivity contribution in [2.24, 2.45) is 0 Å². The summed E-state index contributed by atoms with van der Waals surface area (Å²) in [5.41, 5.74) is 3.61. The third-order valence-corrected chi connectivity index (χ3v) is 2.16. The van der Waals surface area contributed by atoms with Gasteiger partial charge in [0.25, 0.3) is 6.43 Å². The van der Waals surface area contributed by atoms with Crippen LogP contribution in [0.3, 0.4) is 0 Å². The van der Waals surface area contributed by atoms with E-state index in [1.54, 1.807) is 0 Å². The summed E-state index contributed by atoms with van der Waals surface area (Å²) >= 11 is 2.82. The van der Waals surface area contributed by atoms with E-state index in [1.165, 1.54) is 0 Å². The quantitative estimate of drug-likeness (QED) is 0.859. The van der Waals surface area contributed by atoms with Gasteiger partial charge in [0.1, 0.15) is 0 Å². The van der Waals surface area contributed by atoms with Crippen molar-refractivity contribution in [2.75, 3.05) is 5.73 Å². The van der Waals surface area contributed by atoms with Crippen LogP contribution in [0.15, 0.2) is 10.7 Å². The molecule has 0 aliphatic heterocycles. The van der Waals surface area contributed by atoms with Crippen molar-refractivity contribution in [2.45, 2.75) is 6.43 Å². The fraction of sp³-hybridized carbons (Fsp3) is 0.143. The number of hydrogen-bond acceptors (Lipinski definition) is 3. The second kappa shape index (κ2) is 3.87. The lowest BCUT2D eigenvalue weighted by Gasteiger charge is -2.08. The van der Waals surface area contributed by atoms with Crippen molar-refractivity contribution in [3.8, 4) is 0 Å². The van der Waals surface area contributed by atoms with Crippen LogP contribution < -0.4 is 5.73 Å². The van der Waals surface area contributed by atoms with Gasteiger partial charge in [-0.25, -0.2) is 18.6 Å². The number of anilines is 1. The summed E-state index contributed by atoms with van der Waals surface area (Å²) in [7, 11) is 0. The number of carbonyl (C=O) groups is 1. The lowest BCUT2D eigenvalue weighted by Crippen LogP contribution is -2.09. The highest BCUT2D eigenvalue weighted by molar-refractivity contribution is 9.10. The van der Waals surface area contributed by atoms with Gasteiger partial charge >= 0.3 is 5.97 Å². The van der Waals surface area contributed by atoms with E-state index < -0.39 is 29.3 Å². The number of alkyl halides is 2. The molecule has 1 aromatic heterocycles. The molecule has 4 nitrogen and oxygen atoms in total. The van der Waals surface area contributed by atoms with E-state index in [4.69, 9.17) is 10.8 Å². The van der Waals surface area contributed by atoms with Crippen LogP contribution in [0.2, 0.25) is 0 Å². The molecule has 0 saturated heterocycles. The van der Waals surface area contributed by atoms with E-state index >= 15 is 0 Å². The minimum absolute atomic E-state index is 0.00463. The molecule has 14 heavy (non-hydrogen) atoms. The second-order valence-electron chi connectivity index (χ2n) is 2.39. The third-order valence-electron chi connectivity index (χ3n) is 1.53. The van der Waals surface area contributed by atoms with Gasteiger partial charge in [-0.1, -0.05) is 0 Å². The number of nitrogen functional groups attached to an aromatic ring is 1. The zero-order valence-corrected chi connectivity index (χ0v) is 8.25. The van der Waals surface area contributed by atoms with Gasteiger partial charge in [0.15, 0.2) is 5.69 Å². The molecular weight excluding hydrogens is 262 g/mol. The Morgan fingerprint density at radius 1 is 1.64 bits per heavy atom. The molecule has 0 unspecified atom stereocenters. The van der Waals surface area contributed by atoms with E-state index in [0.29, 0.717) is 0 Å². The van der Waals surface area contributed by atoms with Crippen LogP contribution in [0.1, 0.15) is 22.5 Å². The first-order valence-electron chi connectivity index (χ1n) is 3.40. The van der Waals surface area contributed by atoms with Gasteiger partial charge in [0.05, 0.1) is 11.3 Å². The Hall–Kier alpha value is -1.24. The van der Waals surface area contributed by atoms with Gasteiger partial charge in [-0.3, -0.25) is 0 Å². The number of aromatic nitrogens is 1. The molecular formula is C7H5BrF2N2O2. The normalized spacial score (nSPS) is 10.6. The fourth-order valence-corrected chi connectivity index (χ4v) is 1.40. The number of carboxylic acid groups (broad SMARTS) is 1. The lowest BCUT2D eigenvalue weighted by molar-refractivity contribution is 0.0691. The third kappa shape index (κ3) is 1.82. The maximum atomic E-state index is 12.4. The van der Waals surface area contributed by atoms with Gasteiger partial charge in [-0.2, -0.15) is 0 Å². The van der Waals surface area contributed by atoms with E-state index in [0.717, 1.165) is 6.20 Å². The van der Waals surface area contributed by atoms with Crippen LogP contribution in [0, 0.1) is 0 Å². The van der Waals surface area contributed by atoms with Crippen LogP contribution in [-0.4, -0.2) is 16.1 Å². The summed E-state index contributed by atoms with van der Waals surface area (Å²) in [6.07, 6.45) is -1.85. The van der Waals surface area contributed by atoms with Crippen molar-refractivity contribution in [1.82, 2.24) is 4.98 Å². The van der Waals surface area contributed by atoms with Crippen molar-refractivity contribution < 1.29 is 18.7 Å². The predicted molar refractivity (Wildman–Crippen MR) is 48.3 cm³/mol. The predicted octanol–water partition coefficient (Wildman–Crippen LogP) is 2.06. The summed E-state index contributed by atoms with van der Waals surface area (Å²) in [4.78, 5) is 13.9. The largest absolute Gasteiger partial charge is 0.476 e. The monoisotopic (exact) mass is 266 g/mol. The maximum Gasteiger partial charge on any atom is 0.356 e. The molecule has 1 heterocycles.